The van der Waals surface area contributed by atoms with Crippen LogP contribution in [0.4, 0.5) is 0 Å². The summed E-state index contributed by atoms with van der Waals surface area (Å²) in [4.78, 5) is 10.6. The fraction of sp³-hybridized carbons (Fsp3) is 1.00. The zero-order chi connectivity index (χ0) is 10.3. The highest BCUT2D eigenvalue weighted by molar-refractivity contribution is 14.1. The van der Waals surface area contributed by atoms with E-state index >= 15 is 0 Å². The molecule has 84 valence electrons. The predicted octanol–water partition coefficient (Wildman–Crippen LogP) is 3.07. The Morgan fingerprint density at radius 2 is 1.93 bits per heavy atom. The van der Waals surface area contributed by atoms with Gasteiger partial charge in [0.05, 0.1) is 6.61 Å². The van der Waals surface area contributed by atoms with Crippen LogP contribution in [0.3, 0.4) is 0 Å². The summed E-state index contributed by atoms with van der Waals surface area (Å²) < 4.78 is 6.51. The highest BCUT2D eigenvalue weighted by atomic mass is 127. The van der Waals surface area contributed by atoms with Crippen LogP contribution in [0.25, 0.3) is 0 Å². The average molecular weight is 314 g/mol. The molecule has 1 aliphatic carbocycles. The first kappa shape index (κ1) is 12.7. The minimum absolute atomic E-state index is 0.455. The summed E-state index contributed by atoms with van der Waals surface area (Å²) in [6.45, 7) is 0.661. The highest BCUT2D eigenvalue weighted by Gasteiger charge is 2.34. The molecule has 0 unspecified atom stereocenters. The van der Waals surface area contributed by atoms with Crippen molar-refractivity contribution >= 4 is 22.6 Å². The monoisotopic (exact) mass is 314 g/mol. The quantitative estimate of drug-likeness (QED) is 0.188. The van der Waals surface area contributed by atoms with E-state index in [9.17, 15) is 0 Å². The number of rotatable bonds is 6. The summed E-state index contributed by atoms with van der Waals surface area (Å²) >= 11 is 2.33. The molecule has 0 aromatic carbocycles. The summed E-state index contributed by atoms with van der Waals surface area (Å²) in [7, 11) is 1.70. The Morgan fingerprint density at radius 1 is 1.21 bits per heavy atom. The molecule has 0 N–H and O–H groups in total. The van der Waals surface area contributed by atoms with E-state index in [0.717, 1.165) is 23.7 Å². The number of methoxy groups -OCH3 is 1. The molecule has 0 spiro atoms. The third kappa shape index (κ3) is 4.00. The van der Waals surface area contributed by atoms with Crippen molar-refractivity contribution in [2.75, 3.05) is 18.1 Å². The normalized spacial score (nSPS) is 21.0. The van der Waals surface area contributed by atoms with Gasteiger partial charge in [-0.05, 0) is 19.3 Å². The second-order valence-corrected chi connectivity index (χ2v) is 4.70. The van der Waals surface area contributed by atoms with Crippen molar-refractivity contribution in [3.05, 3.63) is 0 Å². The van der Waals surface area contributed by atoms with Crippen LogP contribution in [0.5, 0.6) is 0 Å². The van der Waals surface area contributed by atoms with Crippen molar-refractivity contribution in [2.24, 2.45) is 0 Å². The molecule has 0 radical (unpaired) electrons. The van der Waals surface area contributed by atoms with E-state index in [1.807, 2.05) is 0 Å². The molecule has 1 saturated carbocycles. The summed E-state index contributed by atoms with van der Waals surface area (Å²) in [6.07, 6.45) is 6.55. The molecule has 1 rings (SSSR count). The van der Waals surface area contributed by atoms with E-state index in [0.29, 0.717) is 6.61 Å². The Balaban J connectivity index is 2.22. The lowest BCUT2D eigenvalue weighted by atomic mass is 9.94. The summed E-state index contributed by atoms with van der Waals surface area (Å²) in [5.74, 6) is -0.455. The van der Waals surface area contributed by atoms with Gasteiger partial charge >= 0.3 is 0 Å². The third-order valence-corrected chi connectivity index (χ3v) is 3.32. The van der Waals surface area contributed by atoms with Crippen LogP contribution in [-0.2, 0) is 14.5 Å². The van der Waals surface area contributed by atoms with Crippen LogP contribution < -0.4 is 0 Å². The molecular formula is C10H19IO3. The van der Waals surface area contributed by atoms with Crippen LogP contribution in [0.2, 0.25) is 0 Å². The molecule has 4 heteroatoms. The van der Waals surface area contributed by atoms with Crippen LogP contribution in [0, 0.1) is 0 Å². The zero-order valence-electron chi connectivity index (χ0n) is 8.76. The second-order valence-electron chi connectivity index (χ2n) is 3.62. The topological polar surface area (TPSA) is 27.7 Å². The van der Waals surface area contributed by atoms with Gasteiger partial charge in [-0.2, -0.15) is 0 Å². The van der Waals surface area contributed by atoms with Gasteiger partial charge in [0.25, 0.3) is 0 Å². The fourth-order valence-corrected chi connectivity index (χ4v) is 1.99. The molecule has 14 heavy (non-hydrogen) atoms. The number of ether oxygens (including phenoxy) is 1. The molecule has 0 aromatic rings. The average Bonchev–Trinajstić information content (AvgIpc) is 2.26. The van der Waals surface area contributed by atoms with Crippen LogP contribution >= 0.6 is 22.6 Å². The first-order valence-electron chi connectivity index (χ1n) is 5.25. The Hall–Kier alpha value is 0.610. The van der Waals surface area contributed by atoms with Crippen molar-refractivity contribution in [1.82, 2.24) is 0 Å². The van der Waals surface area contributed by atoms with Crippen molar-refractivity contribution in [3.8, 4) is 0 Å². The first-order chi connectivity index (χ1) is 6.83. The Labute approximate surface area is 99.5 Å². The molecular weight excluding hydrogens is 295 g/mol. The fourth-order valence-electron chi connectivity index (χ4n) is 1.67. The highest BCUT2D eigenvalue weighted by Crippen LogP contribution is 2.32. The summed E-state index contributed by atoms with van der Waals surface area (Å²) in [5, 5.41) is 0. The van der Waals surface area contributed by atoms with Crippen LogP contribution in [0.15, 0.2) is 0 Å². The number of alkyl halides is 1. The molecule has 0 aromatic heterocycles. The van der Waals surface area contributed by atoms with Gasteiger partial charge in [0.1, 0.15) is 0 Å². The molecule has 0 heterocycles. The van der Waals surface area contributed by atoms with Gasteiger partial charge in [0, 0.05) is 24.4 Å². The van der Waals surface area contributed by atoms with Crippen molar-refractivity contribution in [1.29, 1.82) is 0 Å². The Morgan fingerprint density at radius 3 is 2.50 bits per heavy atom. The maximum atomic E-state index is 5.41. The molecule has 3 nitrogen and oxygen atoms in total. The lowest BCUT2D eigenvalue weighted by molar-refractivity contribution is -0.431. The minimum Gasteiger partial charge on any atom is -0.351 e. The molecule has 0 amide bonds. The number of hydrogen-bond acceptors (Lipinski definition) is 3. The molecule has 0 aliphatic heterocycles. The van der Waals surface area contributed by atoms with Gasteiger partial charge in [-0.25, -0.2) is 9.78 Å². The molecule has 0 saturated heterocycles. The van der Waals surface area contributed by atoms with Crippen LogP contribution in [-0.4, -0.2) is 23.9 Å². The first-order valence-corrected chi connectivity index (χ1v) is 6.77. The molecule has 0 bridgehead atoms. The van der Waals surface area contributed by atoms with Crippen molar-refractivity contribution < 1.29 is 14.5 Å². The smallest absolute Gasteiger partial charge is 0.201 e. The van der Waals surface area contributed by atoms with E-state index in [1.165, 1.54) is 19.3 Å². The lowest BCUT2D eigenvalue weighted by Crippen LogP contribution is -2.37. The summed E-state index contributed by atoms with van der Waals surface area (Å²) in [5.41, 5.74) is 0. The van der Waals surface area contributed by atoms with Gasteiger partial charge in [-0.15, -0.1) is 0 Å². The van der Waals surface area contributed by atoms with Gasteiger partial charge < -0.3 is 4.74 Å². The number of halogens is 1. The van der Waals surface area contributed by atoms with Crippen molar-refractivity contribution in [3.63, 3.8) is 0 Å². The lowest BCUT2D eigenvalue weighted by Gasteiger charge is -2.33. The largest absolute Gasteiger partial charge is 0.351 e. The van der Waals surface area contributed by atoms with Gasteiger partial charge in [-0.1, -0.05) is 29.0 Å². The minimum atomic E-state index is -0.455. The van der Waals surface area contributed by atoms with E-state index in [2.05, 4.69) is 22.6 Å². The second kappa shape index (κ2) is 6.98. The Bertz CT molecular complexity index is 146. The maximum absolute atomic E-state index is 5.41. The van der Waals surface area contributed by atoms with E-state index in [1.54, 1.807) is 7.11 Å². The SMILES string of the molecule is COC1(OOCCCI)CCCCC1. The van der Waals surface area contributed by atoms with Gasteiger partial charge in [0.15, 0.2) is 0 Å². The molecule has 0 atom stereocenters. The van der Waals surface area contributed by atoms with E-state index in [-0.39, 0.29) is 0 Å². The van der Waals surface area contributed by atoms with Gasteiger partial charge in [0.2, 0.25) is 5.79 Å². The number of hydrogen-bond donors (Lipinski definition) is 0. The summed E-state index contributed by atoms with van der Waals surface area (Å²) in [6, 6.07) is 0. The maximum Gasteiger partial charge on any atom is 0.201 e. The van der Waals surface area contributed by atoms with Crippen LogP contribution in [0.1, 0.15) is 38.5 Å². The third-order valence-electron chi connectivity index (χ3n) is 2.56. The zero-order valence-corrected chi connectivity index (χ0v) is 10.9. The van der Waals surface area contributed by atoms with E-state index < -0.39 is 5.79 Å². The molecule has 1 aliphatic rings. The van der Waals surface area contributed by atoms with Crippen molar-refractivity contribution in [2.45, 2.75) is 44.3 Å². The predicted molar refractivity (Wildman–Crippen MR) is 63.4 cm³/mol. The standard InChI is InChI=1S/C10H19IO3/c1-12-10(6-3-2-4-7-10)14-13-9-5-8-11/h2-9H2,1H3. The molecule has 1 fully saturated rings. The van der Waals surface area contributed by atoms with E-state index in [4.69, 9.17) is 14.5 Å². The van der Waals surface area contributed by atoms with Gasteiger partial charge in [-0.3, -0.25) is 0 Å². The Kier molecular flexibility index (Phi) is 6.32.